The second-order valence-electron chi connectivity index (χ2n) is 7.40. The lowest BCUT2D eigenvalue weighted by molar-refractivity contribution is 0.0890. The Kier molecular flexibility index (Phi) is 6.28. The van der Waals surface area contributed by atoms with Crippen molar-refractivity contribution in [1.82, 2.24) is 0 Å². The van der Waals surface area contributed by atoms with E-state index in [1.165, 1.54) is 52.7 Å². The number of ketones is 2. The van der Waals surface area contributed by atoms with Gasteiger partial charge in [-0.15, -0.1) is 0 Å². The number of hydrogen-bond acceptors (Lipinski definition) is 10. The van der Waals surface area contributed by atoms with Crippen LogP contribution in [-0.2, 0) is 0 Å². The second kappa shape index (κ2) is 9.34. The molecule has 10 nitrogen and oxygen atoms in total. The summed E-state index contributed by atoms with van der Waals surface area (Å²) in [5.41, 5.74) is -2.31. The van der Waals surface area contributed by atoms with E-state index >= 15 is 0 Å². The van der Waals surface area contributed by atoms with E-state index in [0.29, 0.717) is 33.8 Å². The lowest BCUT2D eigenvalue weighted by Crippen LogP contribution is -2.20. The zero-order chi connectivity index (χ0) is 25.3. The molecule has 0 N–H and O–H groups in total. The summed E-state index contributed by atoms with van der Waals surface area (Å²) in [7, 11) is 5.70. The molecule has 0 saturated carbocycles. The maximum atomic E-state index is 12.9. The lowest BCUT2D eigenvalue weighted by Gasteiger charge is -2.09. The number of methoxy groups -OCH3 is 4. The van der Waals surface area contributed by atoms with Crippen molar-refractivity contribution in [2.24, 2.45) is 0 Å². The average molecular weight is 480 g/mol. The van der Waals surface area contributed by atoms with Crippen LogP contribution in [0.3, 0.4) is 0 Å². The average Bonchev–Trinajstić information content (AvgIpc) is 2.85. The molecule has 4 rings (SSSR count). The first-order valence-corrected chi connectivity index (χ1v) is 10.3. The third kappa shape index (κ3) is 4.33. The van der Waals surface area contributed by atoms with Gasteiger partial charge < -0.3 is 27.8 Å². The van der Waals surface area contributed by atoms with Crippen LogP contribution >= 0.6 is 0 Å². The van der Waals surface area contributed by atoms with E-state index in [1.807, 2.05) is 0 Å². The maximum Gasteiger partial charge on any atom is 0.347 e. The summed E-state index contributed by atoms with van der Waals surface area (Å²) in [4.78, 5) is 50.7. The summed E-state index contributed by atoms with van der Waals surface area (Å²) in [6, 6.07) is 8.64. The van der Waals surface area contributed by atoms with E-state index in [-0.39, 0.29) is 22.3 Å². The fraction of sp³-hybridized carbons (Fsp3) is 0.200. The third-order valence-corrected chi connectivity index (χ3v) is 5.41. The molecule has 0 spiro atoms. The summed E-state index contributed by atoms with van der Waals surface area (Å²) in [6.07, 6.45) is -0.760. The van der Waals surface area contributed by atoms with Crippen molar-refractivity contribution in [3.05, 3.63) is 68.4 Å². The number of carbonyl (C=O) groups is 2. The van der Waals surface area contributed by atoms with Gasteiger partial charge in [0.25, 0.3) is 0 Å². The van der Waals surface area contributed by atoms with E-state index in [2.05, 4.69) is 0 Å². The monoisotopic (exact) mass is 480 g/mol. The number of rotatable bonds is 8. The van der Waals surface area contributed by atoms with Crippen LogP contribution in [0.15, 0.2) is 54.8 Å². The Balaban J connectivity index is 1.72. The Bertz CT molecular complexity index is 1470. The van der Waals surface area contributed by atoms with Crippen LogP contribution < -0.4 is 30.2 Å². The molecule has 35 heavy (non-hydrogen) atoms. The largest absolute Gasteiger partial charge is 0.496 e. The van der Waals surface area contributed by atoms with Gasteiger partial charge in [0, 0.05) is 24.3 Å². The molecule has 2 aromatic carbocycles. The predicted octanol–water partition coefficient (Wildman–Crippen LogP) is 3.39. The van der Waals surface area contributed by atoms with Crippen molar-refractivity contribution in [1.29, 1.82) is 0 Å². The molecule has 0 unspecified atom stereocenters. The highest BCUT2D eigenvalue weighted by Gasteiger charge is 2.23. The number of carbonyl (C=O) groups excluding carboxylic acids is 2. The highest BCUT2D eigenvalue weighted by molar-refractivity contribution is 6.14. The molecule has 0 aliphatic rings. The molecule has 0 aliphatic carbocycles. The zero-order valence-corrected chi connectivity index (χ0v) is 19.3. The molecule has 0 bridgehead atoms. The fourth-order valence-corrected chi connectivity index (χ4v) is 3.62. The van der Waals surface area contributed by atoms with Crippen molar-refractivity contribution in [2.75, 3.05) is 28.4 Å². The second-order valence-corrected chi connectivity index (χ2v) is 7.40. The van der Waals surface area contributed by atoms with Crippen LogP contribution in [0.1, 0.15) is 27.1 Å². The molecular weight excluding hydrogens is 460 g/mol. The van der Waals surface area contributed by atoms with E-state index in [1.54, 1.807) is 12.1 Å². The van der Waals surface area contributed by atoms with Crippen LogP contribution in [-0.4, -0.2) is 40.0 Å². The van der Waals surface area contributed by atoms with Crippen LogP contribution in [0.25, 0.3) is 21.9 Å². The summed E-state index contributed by atoms with van der Waals surface area (Å²) in [5, 5.41) is 0.681. The number of Topliss-reactive ketones (excluding diaryl/α,β-unsaturated/α-hetero) is 2. The fourth-order valence-electron chi connectivity index (χ4n) is 3.62. The van der Waals surface area contributed by atoms with Gasteiger partial charge in [-0.05, 0) is 12.1 Å². The van der Waals surface area contributed by atoms with Gasteiger partial charge in [-0.3, -0.25) is 9.59 Å². The number of ether oxygens (including phenoxy) is 4. The molecule has 0 aliphatic heterocycles. The van der Waals surface area contributed by atoms with Crippen molar-refractivity contribution in [3.63, 3.8) is 0 Å². The SMILES string of the molecule is COc1cc(OC)c2cc(C(=O)CC(=O)c3cc4c(OC)cc(OC)cc4oc3=O)c(=O)oc2c1. The molecule has 0 atom stereocenters. The molecule has 10 heteroatoms. The van der Waals surface area contributed by atoms with E-state index in [4.69, 9.17) is 27.8 Å². The number of fused-ring (bicyclic) bond motifs is 2. The summed E-state index contributed by atoms with van der Waals surface area (Å²) in [6.45, 7) is 0. The third-order valence-electron chi connectivity index (χ3n) is 5.41. The van der Waals surface area contributed by atoms with E-state index in [9.17, 15) is 19.2 Å². The molecule has 0 fully saturated rings. The maximum absolute atomic E-state index is 12.9. The quantitative estimate of drug-likeness (QED) is 0.210. The normalized spacial score (nSPS) is 10.9. The molecule has 0 amide bonds. The highest BCUT2D eigenvalue weighted by Crippen LogP contribution is 2.32. The van der Waals surface area contributed by atoms with Gasteiger partial charge in [0.1, 0.15) is 45.3 Å². The smallest absolute Gasteiger partial charge is 0.347 e. The molecule has 0 radical (unpaired) electrons. The Labute approximate surface area is 197 Å². The van der Waals surface area contributed by atoms with Crippen LogP contribution in [0.2, 0.25) is 0 Å². The van der Waals surface area contributed by atoms with E-state index in [0.717, 1.165) is 0 Å². The lowest BCUT2D eigenvalue weighted by atomic mass is 10.0. The molecule has 4 aromatic rings. The first-order chi connectivity index (χ1) is 16.8. The van der Waals surface area contributed by atoms with Gasteiger partial charge in [-0.2, -0.15) is 0 Å². The summed E-state index contributed by atoms with van der Waals surface area (Å²) >= 11 is 0. The molecular formula is C25H20O10. The van der Waals surface area contributed by atoms with Gasteiger partial charge in [-0.1, -0.05) is 0 Å². The van der Waals surface area contributed by atoms with Crippen LogP contribution in [0.4, 0.5) is 0 Å². The van der Waals surface area contributed by atoms with Gasteiger partial charge in [0.2, 0.25) is 0 Å². The summed E-state index contributed by atoms with van der Waals surface area (Å²) in [5.74, 6) is -0.262. The van der Waals surface area contributed by atoms with Crippen molar-refractivity contribution >= 4 is 33.5 Å². The molecule has 2 aromatic heterocycles. The van der Waals surface area contributed by atoms with E-state index < -0.39 is 29.2 Å². The van der Waals surface area contributed by atoms with Gasteiger partial charge >= 0.3 is 11.3 Å². The van der Waals surface area contributed by atoms with Gasteiger partial charge in [-0.25, -0.2) is 9.59 Å². The molecule has 180 valence electrons. The Morgan fingerprint density at radius 2 is 1.03 bits per heavy atom. The Morgan fingerprint density at radius 1 is 0.629 bits per heavy atom. The predicted molar refractivity (Wildman–Crippen MR) is 124 cm³/mol. The first kappa shape index (κ1) is 23.6. The minimum absolute atomic E-state index is 0.145. The molecule has 2 heterocycles. The Morgan fingerprint density at radius 3 is 1.37 bits per heavy atom. The molecule has 0 saturated heterocycles. The van der Waals surface area contributed by atoms with Crippen LogP contribution in [0.5, 0.6) is 23.0 Å². The minimum atomic E-state index is -0.940. The Hall–Kier alpha value is -4.60. The van der Waals surface area contributed by atoms with Gasteiger partial charge in [0.15, 0.2) is 11.6 Å². The number of hydrogen-bond donors (Lipinski definition) is 0. The van der Waals surface area contributed by atoms with Crippen LogP contribution in [0, 0.1) is 0 Å². The van der Waals surface area contributed by atoms with Gasteiger partial charge in [0.05, 0.1) is 45.6 Å². The van der Waals surface area contributed by atoms with Crippen molar-refractivity contribution in [2.45, 2.75) is 6.42 Å². The topological polar surface area (TPSA) is 131 Å². The summed E-state index contributed by atoms with van der Waals surface area (Å²) < 4.78 is 31.4. The zero-order valence-electron chi connectivity index (χ0n) is 19.3. The van der Waals surface area contributed by atoms with Crippen molar-refractivity contribution < 1.29 is 37.4 Å². The standard InChI is InChI=1S/C25H20O10/c1-30-12-5-20(32-3)16-9-14(24(28)34-22(16)7-12)18(26)11-19(27)15-10-17-21(33-4)6-13(31-2)8-23(17)35-25(15)29/h5-10H,11H2,1-4H3. The number of benzene rings is 2. The highest BCUT2D eigenvalue weighted by atomic mass is 16.5. The minimum Gasteiger partial charge on any atom is -0.496 e. The van der Waals surface area contributed by atoms with Crippen molar-refractivity contribution in [3.8, 4) is 23.0 Å². The first-order valence-electron chi connectivity index (χ1n) is 10.3.